The third-order valence-electron chi connectivity index (χ3n) is 6.22. The Morgan fingerprint density at radius 1 is 1.21 bits per heavy atom. The van der Waals surface area contributed by atoms with Gasteiger partial charge in [0.2, 0.25) is 5.91 Å². The third-order valence-corrected chi connectivity index (χ3v) is 6.22. The number of hydrogen-bond donors (Lipinski definition) is 1. The van der Waals surface area contributed by atoms with Gasteiger partial charge < -0.3 is 10.2 Å². The molecule has 0 spiro atoms. The van der Waals surface area contributed by atoms with Crippen LogP contribution >= 0.6 is 0 Å². The van der Waals surface area contributed by atoms with Gasteiger partial charge >= 0.3 is 18.9 Å². The normalized spacial score (nSPS) is 22.3. The summed E-state index contributed by atoms with van der Waals surface area (Å²) in [5.41, 5.74) is 3.13. The minimum absolute atomic E-state index is 0. The Morgan fingerprint density at radius 3 is 2.57 bits per heavy atom. The summed E-state index contributed by atoms with van der Waals surface area (Å²) in [6, 6.07) is 8.53. The van der Waals surface area contributed by atoms with Crippen LogP contribution < -0.4 is 24.2 Å². The van der Waals surface area contributed by atoms with Crippen molar-refractivity contribution in [3.8, 4) is 0 Å². The summed E-state index contributed by atoms with van der Waals surface area (Å²) in [5, 5.41) is 3.51. The fourth-order valence-corrected chi connectivity index (χ4v) is 4.23. The molecule has 1 aliphatic carbocycles. The van der Waals surface area contributed by atoms with E-state index in [1.165, 1.54) is 17.1 Å². The number of amides is 1. The van der Waals surface area contributed by atoms with E-state index in [2.05, 4.69) is 61.7 Å². The Kier molecular flexibility index (Phi) is 7.68. The molecule has 0 saturated carbocycles. The van der Waals surface area contributed by atoms with Crippen LogP contribution in [0.25, 0.3) is 0 Å². The zero-order valence-electron chi connectivity index (χ0n) is 18.4. The first-order valence-corrected chi connectivity index (χ1v) is 10.1. The molecule has 0 aromatic heterocycles. The van der Waals surface area contributed by atoms with Gasteiger partial charge in [-0.15, -0.1) is 12.5 Å². The minimum atomic E-state index is -0.534. The predicted molar refractivity (Wildman–Crippen MR) is 112 cm³/mol. The van der Waals surface area contributed by atoms with E-state index in [4.69, 9.17) is 0 Å². The zero-order valence-corrected chi connectivity index (χ0v) is 18.4. The molecule has 1 saturated heterocycles. The fourth-order valence-electron chi connectivity index (χ4n) is 4.23. The van der Waals surface area contributed by atoms with E-state index in [0.29, 0.717) is 5.92 Å². The van der Waals surface area contributed by atoms with Crippen molar-refractivity contribution in [2.75, 3.05) is 20.1 Å². The average Bonchev–Trinajstić information content (AvgIpc) is 3.03. The number of allylic oxidation sites excluding steroid dienone is 3. The number of nitrogens with one attached hydrogen (secondary N) is 1. The number of carbonyl (C=O) groups is 1. The van der Waals surface area contributed by atoms with E-state index < -0.39 is 5.41 Å². The molecule has 1 amide bonds. The van der Waals surface area contributed by atoms with Crippen LogP contribution in [-0.2, 0) is 10.2 Å². The summed E-state index contributed by atoms with van der Waals surface area (Å²) < 4.78 is 0. The van der Waals surface area contributed by atoms with Crippen LogP contribution in [0.3, 0.4) is 0 Å². The Balaban J connectivity index is 0.00000280. The quantitative estimate of drug-likeness (QED) is 0.636. The van der Waals surface area contributed by atoms with Gasteiger partial charge in [0, 0.05) is 26.1 Å². The number of nitrogens with zero attached hydrogens (tertiary/aromatic N) is 1. The van der Waals surface area contributed by atoms with Crippen LogP contribution in [0, 0.1) is 18.8 Å². The number of rotatable bonds is 4. The Bertz CT molecular complexity index is 735. The molecule has 0 bridgehead atoms. The Labute approximate surface area is 182 Å². The van der Waals surface area contributed by atoms with Gasteiger partial charge in [-0.25, -0.2) is 18.1 Å². The van der Waals surface area contributed by atoms with Crippen molar-refractivity contribution >= 4 is 5.91 Å². The Morgan fingerprint density at radius 2 is 1.89 bits per heavy atom. The maximum absolute atomic E-state index is 13.4. The second kappa shape index (κ2) is 9.40. The fraction of sp³-hybridized carbons (Fsp3) is 0.500. The molecular formula is C24H33LiN2O. The molecule has 2 atom stereocenters. The first-order chi connectivity index (χ1) is 12.8. The molecule has 1 aromatic carbocycles. The first kappa shape index (κ1) is 22.9. The van der Waals surface area contributed by atoms with Crippen LogP contribution in [0.5, 0.6) is 0 Å². The number of aryl methyl sites for hydroxylation is 1. The van der Waals surface area contributed by atoms with E-state index >= 15 is 0 Å². The molecule has 0 radical (unpaired) electrons. The molecule has 28 heavy (non-hydrogen) atoms. The maximum atomic E-state index is 13.4. The van der Waals surface area contributed by atoms with Crippen molar-refractivity contribution in [1.82, 2.24) is 10.2 Å². The second-order valence-electron chi connectivity index (χ2n) is 8.66. The van der Waals surface area contributed by atoms with E-state index in [1.807, 2.05) is 25.8 Å². The van der Waals surface area contributed by atoms with Gasteiger partial charge in [0.05, 0.1) is 11.5 Å². The molecule has 3 rings (SSSR count). The smallest absolute Gasteiger partial charge is 0.340 e. The van der Waals surface area contributed by atoms with Gasteiger partial charge in [0.15, 0.2) is 0 Å². The van der Waals surface area contributed by atoms with E-state index in [9.17, 15) is 4.79 Å². The summed E-state index contributed by atoms with van der Waals surface area (Å²) >= 11 is 0. The molecule has 1 aromatic rings. The molecule has 1 heterocycles. The monoisotopic (exact) mass is 372 g/mol. The largest absolute Gasteiger partial charge is 1.00 e. The number of hydrogen-bond acceptors (Lipinski definition) is 2. The predicted octanol–water partition coefficient (Wildman–Crippen LogP) is 1.19. The number of likely N-dealkylation sites (N-methyl/N-ethyl adjacent to an activating group) is 1. The molecule has 1 aliphatic heterocycles. The van der Waals surface area contributed by atoms with Crippen molar-refractivity contribution < 1.29 is 23.7 Å². The minimum Gasteiger partial charge on any atom is -0.340 e. The van der Waals surface area contributed by atoms with Crippen molar-refractivity contribution in [3.05, 3.63) is 65.1 Å². The molecule has 0 unspecified atom stereocenters. The van der Waals surface area contributed by atoms with Crippen LogP contribution in [0.1, 0.15) is 44.7 Å². The van der Waals surface area contributed by atoms with Crippen molar-refractivity contribution in [3.63, 3.8) is 0 Å². The van der Waals surface area contributed by atoms with Gasteiger partial charge in [0.1, 0.15) is 0 Å². The van der Waals surface area contributed by atoms with Crippen LogP contribution in [-0.4, -0.2) is 37.0 Å². The Hall–Kier alpha value is -1.40. The second-order valence-corrected chi connectivity index (χ2v) is 8.66. The molecule has 1 fully saturated rings. The van der Waals surface area contributed by atoms with Gasteiger partial charge in [-0.05, 0) is 32.8 Å². The molecule has 3 nitrogen and oxygen atoms in total. The topological polar surface area (TPSA) is 32.3 Å². The summed E-state index contributed by atoms with van der Waals surface area (Å²) in [6.45, 7) is 10.1. The summed E-state index contributed by atoms with van der Waals surface area (Å²) in [5.74, 6) is 1.97. The van der Waals surface area contributed by atoms with Gasteiger partial charge in [-0.3, -0.25) is 4.79 Å². The van der Waals surface area contributed by atoms with Crippen molar-refractivity contribution in [2.45, 2.75) is 52.0 Å². The number of benzene rings is 1. The van der Waals surface area contributed by atoms with Crippen LogP contribution in [0.4, 0.5) is 0 Å². The summed E-state index contributed by atoms with van der Waals surface area (Å²) in [7, 11) is 1.97. The van der Waals surface area contributed by atoms with Crippen molar-refractivity contribution in [2.24, 2.45) is 5.92 Å². The van der Waals surface area contributed by atoms with Crippen molar-refractivity contribution in [1.29, 1.82) is 0 Å². The summed E-state index contributed by atoms with van der Waals surface area (Å²) in [4.78, 5) is 15.4. The first-order valence-electron chi connectivity index (χ1n) is 10.1. The van der Waals surface area contributed by atoms with E-state index in [1.54, 1.807) is 0 Å². The SMILES string of the molecule is Cc1ccc(C(C)(C)C(=O)N(C)[C@@H]2CNC[C@H]2C2=CCC[C-](C)C=C2)cc1.[Li+]. The standard InChI is InChI=1S/C24H33N2O.Li/c1-17-7-6-8-19(12-9-17)21-15-25-16-22(21)26(5)23(27)24(3,4)20-13-10-18(2)11-14-20;/h8-14,21-22,25H,6-7,15-16H2,1-5H3;/q-1;+1/t21-,22+;/m0./s1. The molecule has 1 N–H and O–H groups in total. The average molecular weight is 372 g/mol. The van der Waals surface area contributed by atoms with Crippen LogP contribution in [0.15, 0.2) is 48.1 Å². The van der Waals surface area contributed by atoms with Gasteiger partial charge in [0.25, 0.3) is 0 Å². The number of carbonyl (C=O) groups excluding carboxylic acids is 1. The third kappa shape index (κ3) is 4.77. The summed E-state index contributed by atoms with van der Waals surface area (Å²) in [6.07, 6.45) is 9.08. The van der Waals surface area contributed by atoms with E-state index in [-0.39, 0.29) is 30.8 Å². The molecular weight excluding hydrogens is 339 g/mol. The zero-order chi connectivity index (χ0) is 19.6. The maximum Gasteiger partial charge on any atom is 1.00 e. The van der Waals surface area contributed by atoms with Crippen LogP contribution in [0.2, 0.25) is 0 Å². The molecule has 4 heteroatoms. The molecule has 146 valence electrons. The van der Waals surface area contributed by atoms with Gasteiger partial charge in [-0.1, -0.05) is 42.3 Å². The van der Waals surface area contributed by atoms with Gasteiger partial charge in [-0.2, -0.15) is 0 Å². The molecule has 2 aliphatic rings. The van der Waals surface area contributed by atoms with E-state index in [0.717, 1.165) is 31.5 Å².